The fourth-order valence-electron chi connectivity index (χ4n) is 0.719. The summed E-state index contributed by atoms with van der Waals surface area (Å²) in [6.07, 6.45) is 0. The lowest BCUT2D eigenvalue weighted by Crippen LogP contribution is -2.00. The molecule has 0 bridgehead atoms. The Morgan fingerprint density at radius 2 is 2.11 bits per heavy atom. The van der Waals surface area contributed by atoms with E-state index in [-0.39, 0.29) is 0 Å². The van der Waals surface area contributed by atoms with Crippen LogP contribution in [0.15, 0.2) is 23.1 Å². The fourth-order valence-corrected chi connectivity index (χ4v) is 1.70. The predicted molar refractivity (Wildman–Crippen MR) is 48.0 cm³/mol. The summed E-state index contributed by atoms with van der Waals surface area (Å²) in [6, 6.07) is 6.40. The third-order valence-electron chi connectivity index (χ3n) is 1.36. The summed E-state index contributed by atoms with van der Waals surface area (Å²) in [4.78, 5) is 1.11. The van der Waals surface area contributed by atoms with Crippen molar-refractivity contribution in [1.82, 2.24) is 0 Å². The Bertz CT molecular complexity index is 220. The van der Waals surface area contributed by atoms with Gasteiger partial charge in [0.05, 0.1) is 0 Å². The van der Waals surface area contributed by atoms with E-state index in [1.807, 2.05) is 0 Å². The third kappa shape index (κ3) is 1.59. The first-order chi connectivity index (χ1) is 4.20. The molecule has 0 saturated heterocycles. The number of rotatable bonds is 0. The van der Waals surface area contributed by atoms with Gasteiger partial charge >= 0.3 is 0 Å². The van der Waals surface area contributed by atoms with Crippen LogP contribution in [-0.4, -0.2) is 10.2 Å². The lowest BCUT2D eigenvalue weighted by Gasteiger charge is -1.97. The smallest absolute Gasteiger partial charge is 0.0385 e. The Kier molecular flexibility index (Phi) is 1.98. The normalized spacial score (nSPS) is 10.0. The highest BCUT2D eigenvalue weighted by Crippen LogP contribution is 2.08. The Morgan fingerprint density at radius 1 is 1.44 bits per heavy atom. The first-order valence-electron chi connectivity index (χ1n) is 2.96. The van der Waals surface area contributed by atoms with Crippen LogP contribution in [0.1, 0.15) is 5.56 Å². The van der Waals surface area contributed by atoms with E-state index in [9.17, 15) is 0 Å². The van der Waals surface area contributed by atoms with Gasteiger partial charge in [0.25, 0.3) is 0 Å². The summed E-state index contributed by atoms with van der Waals surface area (Å²) < 4.78 is 0. The molecule has 1 aromatic rings. The molecule has 0 amide bonds. The average Bonchev–Trinajstić information content (AvgIpc) is 1.80. The number of aryl methyl sites for hydroxylation is 1. The van der Waals surface area contributed by atoms with Crippen LogP contribution in [0.3, 0.4) is 0 Å². The standard InChI is InChI=1S/C7H10SSi/c1-5-2-3-6(9)4-7(5)8/h2-4,8H,1,9H3. The molecule has 2 heteroatoms. The Balaban J connectivity index is 3.17. The van der Waals surface area contributed by atoms with E-state index in [0.717, 1.165) is 15.1 Å². The summed E-state index contributed by atoms with van der Waals surface area (Å²) in [6.45, 7) is 2.07. The van der Waals surface area contributed by atoms with Gasteiger partial charge in [0.15, 0.2) is 0 Å². The maximum absolute atomic E-state index is 4.29. The highest BCUT2D eigenvalue weighted by molar-refractivity contribution is 7.80. The van der Waals surface area contributed by atoms with Gasteiger partial charge in [-0.25, -0.2) is 0 Å². The predicted octanol–water partition coefficient (Wildman–Crippen LogP) is 0.274. The Labute approximate surface area is 64.1 Å². The zero-order valence-corrected chi connectivity index (χ0v) is 8.57. The second kappa shape index (κ2) is 2.58. The van der Waals surface area contributed by atoms with Crippen molar-refractivity contribution in [3.05, 3.63) is 23.8 Å². The van der Waals surface area contributed by atoms with Crippen molar-refractivity contribution in [2.45, 2.75) is 11.8 Å². The largest absolute Gasteiger partial charge is 0.143 e. The molecule has 0 aromatic heterocycles. The maximum atomic E-state index is 4.29. The van der Waals surface area contributed by atoms with Crippen LogP contribution >= 0.6 is 12.6 Å². The zero-order valence-electron chi connectivity index (χ0n) is 5.68. The molecule has 48 valence electrons. The molecule has 0 fully saturated rings. The number of thiol groups is 1. The summed E-state index contributed by atoms with van der Waals surface area (Å²) in [5.74, 6) is 0. The minimum absolute atomic E-state index is 1.11. The van der Waals surface area contributed by atoms with Gasteiger partial charge in [-0.2, -0.15) is 0 Å². The topological polar surface area (TPSA) is 0 Å². The van der Waals surface area contributed by atoms with Gasteiger partial charge in [0.1, 0.15) is 0 Å². The lowest BCUT2D eigenvalue weighted by molar-refractivity contribution is 1.33. The van der Waals surface area contributed by atoms with Crippen molar-refractivity contribution in [3.63, 3.8) is 0 Å². The van der Waals surface area contributed by atoms with Crippen LogP contribution in [-0.2, 0) is 0 Å². The van der Waals surface area contributed by atoms with Crippen molar-refractivity contribution in [1.29, 1.82) is 0 Å². The van der Waals surface area contributed by atoms with E-state index in [4.69, 9.17) is 0 Å². The highest BCUT2D eigenvalue weighted by atomic mass is 32.1. The van der Waals surface area contributed by atoms with Gasteiger partial charge < -0.3 is 0 Å². The minimum atomic E-state index is 1.11. The molecule has 0 atom stereocenters. The maximum Gasteiger partial charge on any atom is 0.0385 e. The molecule has 0 N–H and O–H groups in total. The van der Waals surface area contributed by atoms with Crippen LogP contribution in [0, 0.1) is 6.92 Å². The number of hydrogen-bond donors (Lipinski definition) is 1. The first kappa shape index (κ1) is 6.90. The summed E-state index contributed by atoms with van der Waals surface area (Å²) in [5.41, 5.74) is 1.26. The summed E-state index contributed by atoms with van der Waals surface area (Å²) in [7, 11) is 1.12. The van der Waals surface area contributed by atoms with Gasteiger partial charge in [-0.1, -0.05) is 23.4 Å². The van der Waals surface area contributed by atoms with E-state index >= 15 is 0 Å². The van der Waals surface area contributed by atoms with Gasteiger partial charge in [0.2, 0.25) is 0 Å². The highest BCUT2D eigenvalue weighted by Gasteiger charge is 1.89. The van der Waals surface area contributed by atoms with Gasteiger partial charge in [-0.05, 0) is 12.5 Å². The van der Waals surface area contributed by atoms with Crippen LogP contribution < -0.4 is 5.19 Å². The van der Waals surface area contributed by atoms with E-state index < -0.39 is 0 Å². The van der Waals surface area contributed by atoms with E-state index in [1.165, 1.54) is 10.8 Å². The van der Waals surface area contributed by atoms with Crippen molar-refractivity contribution >= 4 is 28.1 Å². The van der Waals surface area contributed by atoms with Crippen molar-refractivity contribution < 1.29 is 0 Å². The third-order valence-corrected chi connectivity index (χ3v) is 2.47. The molecule has 0 nitrogen and oxygen atoms in total. The Hall–Kier alpha value is -0.213. The average molecular weight is 154 g/mol. The van der Waals surface area contributed by atoms with Crippen molar-refractivity contribution in [2.24, 2.45) is 0 Å². The second-order valence-corrected chi connectivity index (χ2v) is 3.93. The molecule has 0 aliphatic rings. The van der Waals surface area contributed by atoms with Gasteiger partial charge in [-0.15, -0.1) is 12.6 Å². The van der Waals surface area contributed by atoms with E-state index in [1.54, 1.807) is 0 Å². The van der Waals surface area contributed by atoms with E-state index in [0.29, 0.717) is 0 Å². The summed E-state index contributed by atoms with van der Waals surface area (Å²) in [5, 5.41) is 1.41. The van der Waals surface area contributed by atoms with Crippen LogP contribution in [0.2, 0.25) is 0 Å². The molecule has 9 heavy (non-hydrogen) atoms. The van der Waals surface area contributed by atoms with Crippen molar-refractivity contribution in [3.8, 4) is 0 Å². The molecule has 0 radical (unpaired) electrons. The molecule has 0 aliphatic heterocycles. The molecule has 1 rings (SSSR count). The van der Waals surface area contributed by atoms with E-state index in [2.05, 4.69) is 37.8 Å². The molecule has 0 aliphatic carbocycles. The molecule has 1 aromatic carbocycles. The second-order valence-electron chi connectivity index (χ2n) is 2.29. The fraction of sp³-hybridized carbons (Fsp3) is 0.143. The zero-order chi connectivity index (χ0) is 6.85. The summed E-state index contributed by atoms with van der Waals surface area (Å²) >= 11 is 4.29. The minimum Gasteiger partial charge on any atom is -0.143 e. The van der Waals surface area contributed by atoms with Gasteiger partial charge in [0, 0.05) is 15.1 Å². The quantitative estimate of drug-likeness (QED) is 0.403. The van der Waals surface area contributed by atoms with Crippen LogP contribution in [0.4, 0.5) is 0 Å². The molecule has 0 saturated carbocycles. The molecular formula is C7H10SSi. The number of benzene rings is 1. The van der Waals surface area contributed by atoms with Crippen LogP contribution in [0.5, 0.6) is 0 Å². The molecular weight excluding hydrogens is 144 g/mol. The molecule has 0 unspecified atom stereocenters. The van der Waals surface area contributed by atoms with Crippen molar-refractivity contribution in [2.75, 3.05) is 0 Å². The Morgan fingerprint density at radius 3 is 2.56 bits per heavy atom. The lowest BCUT2D eigenvalue weighted by atomic mass is 10.2. The monoisotopic (exact) mass is 154 g/mol. The number of hydrogen-bond acceptors (Lipinski definition) is 1. The van der Waals surface area contributed by atoms with Gasteiger partial charge in [-0.3, -0.25) is 0 Å². The SMILES string of the molecule is Cc1ccc([SiH3])cc1S. The molecule has 0 heterocycles. The van der Waals surface area contributed by atoms with Crippen LogP contribution in [0.25, 0.3) is 0 Å². The first-order valence-corrected chi connectivity index (χ1v) is 4.41. The molecule has 0 spiro atoms.